The molecule has 0 aliphatic carbocycles. The zero-order valence-corrected chi connectivity index (χ0v) is 21.9. The van der Waals surface area contributed by atoms with Gasteiger partial charge in [0.25, 0.3) is 5.91 Å². The van der Waals surface area contributed by atoms with Gasteiger partial charge in [-0.2, -0.15) is 17.6 Å². The molecular weight excluding hydrogens is 529 g/mol. The number of alkyl halides is 3. The van der Waals surface area contributed by atoms with Crippen molar-refractivity contribution < 1.29 is 45.5 Å². The van der Waals surface area contributed by atoms with E-state index in [9.17, 15) is 22.4 Å². The Balaban J connectivity index is 1.45. The number of amides is 1. The molecule has 1 N–H and O–H groups in total. The highest BCUT2D eigenvalue weighted by atomic mass is 19.4. The number of carbonyl (C=O) groups excluding carboxylic acids is 1. The zero-order valence-electron chi connectivity index (χ0n) is 21.9. The normalized spacial score (nSPS) is 29.1. The predicted molar refractivity (Wildman–Crippen MR) is 127 cm³/mol. The Morgan fingerprint density at radius 3 is 2.54 bits per heavy atom. The lowest BCUT2D eigenvalue weighted by molar-refractivity contribution is -0.272. The highest BCUT2D eigenvalue weighted by molar-refractivity contribution is 5.95. The molecule has 3 saturated heterocycles. The molecule has 0 saturated carbocycles. The second kappa shape index (κ2) is 9.70. The van der Waals surface area contributed by atoms with E-state index in [0.717, 1.165) is 38.4 Å². The molecule has 1 aromatic carbocycles. The molecule has 1 aromatic heterocycles. The molecule has 0 unspecified atom stereocenters. The van der Waals surface area contributed by atoms with Crippen molar-refractivity contribution in [3.8, 4) is 5.75 Å². The number of halogens is 5. The smallest absolute Gasteiger partial charge is 0.417 e. The van der Waals surface area contributed by atoms with E-state index in [0.29, 0.717) is 18.9 Å². The van der Waals surface area contributed by atoms with Crippen molar-refractivity contribution in [2.75, 3.05) is 38.2 Å². The second-order valence-electron chi connectivity index (χ2n) is 11.1. The van der Waals surface area contributed by atoms with Gasteiger partial charge < -0.3 is 24.1 Å². The van der Waals surface area contributed by atoms with E-state index in [-0.39, 0.29) is 29.3 Å². The molecule has 3 aliphatic rings. The van der Waals surface area contributed by atoms with Crippen molar-refractivity contribution in [1.82, 2.24) is 10.1 Å². The van der Waals surface area contributed by atoms with Crippen LogP contribution in [0.4, 0.5) is 27.6 Å². The summed E-state index contributed by atoms with van der Waals surface area (Å²) in [6.45, 7) is 8.37. The van der Waals surface area contributed by atoms with Gasteiger partial charge in [0, 0.05) is 41.9 Å². The van der Waals surface area contributed by atoms with E-state index in [1.54, 1.807) is 0 Å². The maximum atomic E-state index is 15.2. The molecule has 0 bridgehead atoms. The summed E-state index contributed by atoms with van der Waals surface area (Å²) in [7, 11) is 0. The number of carbonyl (C=O) groups is 1. The fraction of sp³-hybridized carbons (Fsp3) is 0.615. The van der Waals surface area contributed by atoms with Crippen LogP contribution in [0.25, 0.3) is 0 Å². The minimum atomic E-state index is -4.86. The highest BCUT2D eigenvalue weighted by Crippen LogP contribution is 2.55. The molecule has 39 heavy (non-hydrogen) atoms. The Morgan fingerprint density at radius 1 is 1.28 bits per heavy atom. The van der Waals surface area contributed by atoms with Crippen LogP contribution in [-0.2, 0) is 14.3 Å². The maximum absolute atomic E-state index is 15.2. The Hall–Kier alpha value is -2.77. The molecule has 4 heterocycles. The van der Waals surface area contributed by atoms with Gasteiger partial charge in [0.1, 0.15) is 30.4 Å². The molecule has 1 amide bonds. The number of benzene rings is 1. The lowest BCUT2D eigenvalue weighted by Crippen LogP contribution is -2.68. The SMILES string of the molecule is Cc1nocc1NC(=O)[C@@H]1O[C@@](C)(C(F)(F)F)[C@@H](C)[C@H]1c1ccc(F)c(F)c1OC[C@@H](C)N1CC2(COC2)C1. The summed E-state index contributed by atoms with van der Waals surface area (Å²) >= 11 is 0. The maximum Gasteiger partial charge on any atom is 0.417 e. The number of ether oxygens (including phenoxy) is 3. The summed E-state index contributed by atoms with van der Waals surface area (Å²) in [5, 5.41) is 6.12. The van der Waals surface area contributed by atoms with Crippen LogP contribution in [0.5, 0.6) is 5.75 Å². The van der Waals surface area contributed by atoms with E-state index in [1.165, 1.54) is 13.8 Å². The second-order valence-corrected chi connectivity index (χ2v) is 11.1. The fourth-order valence-corrected chi connectivity index (χ4v) is 5.61. The largest absolute Gasteiger partial charge is 0.488 e. The van der Waals surface area contributed by atoms with Gasteiger partial charge in [0.2, 0.25) is 5.82 Å². The van der Waals surface area contributed by atoms with Gasteiger partial charge in [-0.3, -0.25) is 9.69 Å². The average molecular weight is 560 g/mol. The number of hydrogen-bond donors (Lipinski definition) is 1. The lowest BCUT2D eigenvalue weighted by Gasteiger charge is -2.56. The van der Waals surface area contributed by atoms with E-state index in [4.69, 9.17) is 18.7 Å². The Morgan fingerprint density at radius 2 is 1.97 bits per heavy atom. The first-order valence-electron chi connectivity index (χ1n) is 12.7. The van der Waals surface area contributed by atoms with Gasteiger partial charge in [-0.25, -0.2) is 4.39 Å². The topological polar surface area (TPSA) is 86.1 Å². The van der Waals surface area contributed by atoms with E-state index >= 15 is 4.39 Å². The van der Waals surface area contributed by atoms with Gasteiger partial charge in [0.05, 0.1) is 13.2 Å². The number of nitrogens with one attached hydrogen (secondary N) is 1. The minimum Gasteiger partial charge on any atom is -0.488 e. The third kappa shape index (κ3) is 4.67. The monoisotopic (exact) mass is 559 g/mol. The number of hydrogen-bond acceptors (Lipinski definition) is 7. The molecule has 2 aromatic rings. The van der Waals surface area contributed by atoms with Gasteiger partial charge in [-0.1, -0.05) is 18.1 Å². The van der Waals surface area contributed by atoms with Crippen LogP contribution in [-0.4, -0.2) is 72.8 Å². The van der Waals surface area contributed by atoms with E-state index in [2.05, 4.69) is 15.4 Å². The quantitative estimate of drug-likeness (QED) is 0.502. The molecule has 1 spiro atoms. The summed E-state index contributed by atoms with van der Waals surface area (Å²) in [5.41, 5.74) is -2.26. The van der Waals surface area contributed by atoms with Gasteiger partial charge >= 0.3 is 6.18 Å². The standard InChI is InChI=1S/C26H30F5N3O5/c1-13(34-9-25(10-34)11-36-12-25)7-37-21-16(5-6-17(27)20(21)28)19-14(2)24(4,26(29,30)31)39-22(19)23(35)32-18-8-38-33-15(18)3/h5-6,8,13-14,19,22H,7,9-12H2,1-4H3,(H,32,35)/t13-,14+,19+,22-,24-/m1/s1. The van der Waals surface area contributed by atoms with Gasteiger partial charge in [-0.15, -0.1) is 0 Å². The van der Waals surface area contributed by atoms with Crippen LogP contribution < -0.4 is 10.1 Å². The van der Waals surface area contributed by atoms with Crippen LogP contribution in [0.1, 0.15) is 37.9 Å². The Kier molecular flexibility index (Phi) is 6.91. The van der Waals surface area contributed by atoms with E-state index in [1.807, 2.05) is 6.92 Å². The van der Waals surface area contributed by atoms with E-state index < -0.39 is 53.0 Å². The molecule has 13 heteroatoms. The molecule has 5 atom stereocenters. The van der Waals surface area contributed by atoms with Gasteiger partial charge in [-0.05, 0) is 26.8 Å². The molecule has 0 radical (unpaired) electrons. The summed E-state index contributed by atoms with van der Waals surface area (Å²) < 4.78 is 93.5. The highest BCUT2D eigenvalue weighted by Gasteiger charge is 2.66. The first-order chi connectivity index (χ1) is 18.3. The van der Waals surface area contributed by atoms with Crippen LogP contribution in [0.15, 0.2) is 22.9 Å². The summed E-state index contributed by atoms with van der Waals surface area (Å²) in [6.07, 6.45) is -5.44. The van der Waals surface area contributed by atoms with Gasteiger partial charge in [0.15, 0.2) is 17.2 Å². The summed E-state index contributed by atoms with van der Waals surface area (Å²) in [6, 6.07) is 1.78. The van der Waals surface area contributed by atoms with Crippen molar-refractivity contribution in [3.63, 3.8) is 0 Å². The third-order valence-corrected chi connectivity index (χ3v) is 8.36. The molecule has 3 aliphatic heterocycles. The van der Waals surface area contributed by atoms with Crippen molar-refractivity contribution in [2.45, 2.75) is 57.5 Å². The lowest BCUT2D eigenvalue weighted by atomic mass is 9.76. The Labute approximate surface area is 221 Å². The van der Waals surface area contributed by atoms with Crippen LogP contribution in [0, 0.1) is 29.9 Å². The Bertz CT molecular complexity index is 1240. The van der Waals surface area contributed by atoms with Crippen molar-refractivity contribution >= 4 is 11.6 Å². The number of likely N-dealkylation sites (tertiary alicyclic amines) is 1. The van der Waals surface area contributed by atoms with Crippen molar-refractivity contribution in [3.05, 3.63) is 41.3 Å². The number of anilines is 1. The minimum absolute atomic E-state index is 0.0421. The third-order valence-electron chi connectivity index (χ3n) is 8.36. The summed E-state index contributed by atoms with van der Waals surface area (Å²) in [4.78, 5) is 15.4. The fourth-order valence-electron chi connectivity index (χ4n) is 5.61. The molecule has 3 fully saturated rings. The van der Waals surface area contributed by atoms with Crippen LogP contribution in [0.2, 0.25) is 0 Å². The average Bonchev–Trinajstić information content (AvgIpc) is 3.33. The zero-order chi connectivity index (χ0) is 28.3. The first kappa shape index (κ1) is 27.8. The number of rotatable bonds is 7. The van der Waals surface area contributed by atoms with Crippen molar-refractivity contribution in [1.29, 1.82) is 0 Å². The number of aromatic nitrogens is 1. The molecular formula is C26H30F5N3O5. The molecule has 214 valence electrons. The number of nitrogens with zero attached hydrogens (tertiary/aromatic N) is 2. The predicted octanol–water partition coefficient (Wildman–Crippen LogP) is 4.44. The van der Waals surface area contributed by atoms with Crippen LogP contribution >= 0.6 is 0 Å². The molecule has 5 rings (SSSR count). The van der Waals surface area contributed by atoms with Crippen molar-refractivity contribution in [2.24, 2.45) is 11.3 Å². The summed E-state index contributed by atoms with van der Waals surface area (Å²) in [5.74, 6) is -6.69. The first-order valence-corrected chi connectivity index (χ1v) is 12.7. The number of aryl methyl sites for hydroxylation is 1. The van der Waals surface area contributed by atoms with Crippen LogP contribution in [0.3, 0.4) is 0 Å². The molecule has 8 nitrogen and oxygen atoms in total.